The normalized spacial score (nSPS) is 11.0. The Bertz CT molecular complexity index is 943. The van der Waals surface area contributed by atoms with Crippen LogP contribution < -0.4 is 0 Å². The van der Waals surface area contributed by atoms with Crippen molar-refractivity contribution >= 4 is 22.5 Å². The lowest BCUT2D eigenvalue weighted by atomic mass is 10.1. The van der Waals surface area contributed by atoms with Crippen molar-refractivity contribution in [3.63, 3.8) is 0 Å². The predicted molar refractivity (Wildman–Crippen MR) is 91.4 cm³/mol. The summed E-state index contributed by atoms with van der Waals surface area (Å²) in [4.78, 5) is 7.70. The summed E-state index contributed by atoms with van der Waals surface area (Å²) < 4.78 is 0. The lowest BCUT2D eigenvalue weighted by Crippen LogP contribution is -1.99. The van der Waals surface area contributed by atoms with E-state index in [9.17, 15) is 0 Å². The molecule has 1 N–H and O–H groups in total. The Morgan fingerprint density at radius 2 is 1.78 bits per heavy atom. The third-order valence-electron chi connectivity index (χ3n) is 3.77. The molecule has 4 rings (SSSR count). The van der Waals surface area contributed by atoms with Gasteiger partial charge in [-0.3, -0.25) is 0 Å². The first-order chi connectivity index (χ1) is 11.3. The quantitative estimate of drug-likeness (QED) is 0.613. The minimum atomic E-state index is 0.651. The fraction of sp³-hybridized carbons (Fsp3) is 0.0556. The smallest absolute Gasteiger partial charge is 0.155 e. The number of benzene rings is 2. The Hall–Kier alpha value is -2.72. The van der Waals surface area contributed by atoms with Crippen LogP contribution in [0.2, 0.25) is 5.02 Å². The summed E-state index contributed by atoms with van der Waals surface area (Å²) in [6.45, 7) is 0. The van der Waals surface area contributed by atoms with Crippen molar-refractivity contribution in [2.75, 3.05) is 0 Å². The van der Waals surface area contributed by atoms with Gasteiger partial charge in [0.1, 0.15) is 5.69 Å². The molecule has 0 saturated heterocycles. The van der Waals surface area contributed by atoms with Gasteiger partial charge in [-0.25, -0.2) is 4.98 Å². The second-order valence-electron chi connectivity index (χ2n) is 5.30. The number of H-pyrrole nitrogens is 1. The second kappa shape index (κ2) is 5.82. The number of hydrogen-bond acceptors (Lipinski definition) is 3. The van der Waals surface area contributed by atoms with Crippen LogP contribution in [0.3, 0.4) is 0 Å². The fourth-order valence-electron chi connectivity index (χ4n) is 2.58. The van der Waals surface area contributed by atoms with Gasteiger partial charge in [0.2, 0.25) is 0 Å². The van der Waals surface area contributed by atoms with Crippen LogP contribution >= 0.6 is 11.6 Å². The summed E-state index contributed by atoms with van der Waals surface area (Å²) in [6, 6.07) is 15.7. The molecule has 0 saturated carbocycles. The van der Waals surface area contributed by atoms with E-state index in [4.69, 9.17) is 11.6 Å². The van der Waals surface area contributed by atoms with Gasteiger partial charge >= 0.3 is 0 Å². The van der Waals surface area contributed by atoms with Crippen molar-refractivity contribution in [3.8, 4) is 11.3 Å². The number of aromatic amines is 1. The lowest BCUT2D eigenvalue weighted by Gasteiger charge is -2.02. The average molecular weight is 321 g/mol. The Balaban J connectivity index is 1.60. The Labute approximate surface area is 138 Å². The molecular formula is C18H13ClN4. The highest BCUT2D eigenvalue weighted by molar-refractivity contribution is 6.30. The van der Waals surface area contributed by atoms with E-state index in [1.807, 2.05) is 42.6 Å². The van der Waals surface area contributed by atoms with Crippen molar-refractivity contribution < 1.29 is 0 Å². The van der Waals surface area contributed by atoms with Gasteiger partial charge in [0.05, 0.1) is 6.20 Å². The minimum Gasteiger partial charge on any atom is -0.361 e. The summed E-state index contributed by atoms with van der Waals surface area (Å²) in [5.41, 5.74) is 3.98. The van der Waals surface area contributed by atoms with Gasteiger partial charge in [-0.05, 0) is 23.8 Å². The van der Waals surface area contributed by atoms with Crippen molar-refractivity contribution in [3.05, 3.63) is 77.3 Å². The zero-order valence-corrected chi connectivity index (χ0v) is 13.0. The van der Waals surface area contributed by atoms with Crippen LogP contribution in [0.1, 0.15) is 11.4 Å². The molecule has 4 aromatic rings. The first kappa shape index (κ1) is 13.9. The van der Waals surface area contributed by atoms with E-state index in [0.717, 1.165) is 16.8 Å². The molecule has 2 aromatic heterocycles. The van der Waals surface area contributed by atoms with Crippen LogP contribution in [-0.2, 0) is 6.42 Å². The topological polar surface area (TPSA) is 54.5 Å². The predicted octanol–water partition coefficient (Wildman–Crippen LogP) is 4.26. The highest BCUT2D eigenvalue weighted by Crippen LogP contribution is 2.21. The van der Waals surface area contributed by atoms with E-state index >= 15 is 0 Å². The molecule has 2 aromatic carbocycles. The van der Waals surface area contributed by atoms with Gasteiger partial charge in [0.25, 0.3) is 0 Å². The van der Waals surface area contributed by atoms with E-state index < -0.39 is 0 Å². The zero-order valence-electron chi connectivity index (χ0n) is 12.2. The molecule has 0 aliphatic carbocycles. The Morgan fingerprint density at radius 1 is 0.957 bits per heavy atom. The average Bonchev–Trinajstić information content (AvgIpc) is 3.00. The highest BCUT2D eigenvalue weighted by Gasteiger charge is 2.07. The summed E-state index contributed by atoms with van der Waals surface area (Å²) in [5, 5.41) is 10.4. The van der Waals surface area contributed by atoms with Gasteiger partial charge in [-0.15, -0.1) is 10.2 Å². The van der Waals surface area contributed by atoms with E-state index in [2.05, 4.69) is 32.3 Å². The number of para-hydroxylation sites is 1. The highest BCUT2D eigenvalue weighted by atomic mass is 35.5. The molecule has 23 heavy (non-hydrogen) atoms. The van der Waals surface area contributed by atoms with Crippen LogP contribution in [-0.4, -0.2) is 20.2 Å². The number of halogens is 1. The van der Waals surface area contributed by atoms with E-state index in [1.165, 1.54) is 10.9 Å². The summed E-state index contributed by atoms with van der Waals surface area (Å²) in [6.07, 6.45) is 4.40. The maximum atomic E-state index is 5.90. The van der Waals surface area contributed by atoms with Crippen LogP contribution in [0.15, 0.2) is 60.9 Å². The van der Waals surface area contributed by atoms with Crippen LogP contribution in [0, 0.1) is 0 Å². The minimum absolute atomic E-state index is 0.651. The molecule has 0 amide bonds. The summed E-state index contributed by atoms with van der Waals surface area (Å²) >= 11 is 5.90. The molecule has 0 radical (unpaired) electrons. The standard InChI is InChI=1S/C18H13ClN4/c19-14-7-5-12(6-8-14)17-11-21-18(23-22-17)9-13-10-20-16-4-2-1-3-15(13)16/h1-8,10-11,20H,9H2. The van der Waals surface area contributed by atoms with Gasteiger partial charge < -0.3 is 4.98 Å². The second-order valence-corrected chi connectivity index (χ2v) is 5.74. The molecule has 0 aliphatic rings. The Kier molecular flexibility index (Phi) is 3.52. The number of fused-ring (bicyclic) bond motifs is 1. The third-order valence-corrected chi connectivity index (χ3v) is 4.02. The van der Waals surface area contributed by atoms with Crippen LogP contribution in [0.25, 0.3) is 22.2 Å². The first-order valence-corrected chi connectivity index (χ1v) is 7.67. The molecule has 4 nitrogen and oxygen atoms in total. The SMILES string of the molecule is Clc1ccc(-c2cnc(Cc3c[nH]c4ccccc34)nn2)cc1. The number of nitrogens with zero attached hydrogens (tertiary/aromatic N) is 3. The van der Waals surface area contributed by atoms with Crippen molar-refractivity contribution in [2.45, 2.75) is 6.42 Å². The molecule has 0 aliphatic heterocycles. The van der Waals surface area contributed by atoms with Gasteiger partial charge in [0, 0.05) is 34.1 Å². The lowest BCUT2D eigenvalue weighted by molar-refractivity contribution is 0.872. The maximum Gasteiger partial charge on any atom is 0.155 e. The molecule has 0 bridgehead atoms. The van der Waals surface area contributed by atoms with Crippen LogP contribution in [0.4, 0.5) is 0 Å². The molecular weight excluding hydrogens is 308 g/mol. The third kappa shape index (κ3) is 2.81. The van der Waals surface area contributed by atoms with E-state index in [-0.39, 0.29) is 0 Å². The van der Waals surface area contributed by atoms with Crippen LogP contribution in [0.5, 0.6) is 0 Å². The molecule has 2 heterocycles. The Morgan fingerprint density at radius 3 is 2.57 bits per heavy atom. The number of nitrogens with one attached hydrogen (secondary N) is 1. The molecule has 5 heteroatoms. The summed E-state index contributed by atoms with van der Waals surface area (Å²) in [7, 11) is 0. The molecule has 0 spiro atoms. The molecule has 0 fully saturated rings. The fourth-order valence-corrected chi connectivity index (χ4v) is 2.71. The van der Waals surface area contributed by atoms with Gasteiger partial charge in [-0.1, -0.05) is 41.9 Å². The van der Waals surface area contributed by atoms with E-state index in [0.29, 0.717) is 17.3 Å². The largest absolute Gasteiger partial charge is 0.361 e. The van der Waals surface area contributed by atoms with Crippen molar-refractivity contribution in [1.29, 1.82) is 0 Å². The number of hydrogen-bond donors (Lipinski definition) is 1. The molecule has 0 atom stereocenters. The number of aromatic nitrogens is 4. The monoisotopic (exact) mass is 320 g/mol. The molecule has 112 valence electrons. The number of rotatable bonds is 3. The van der Waals surface area contributed by atoms with E-state index in [1.54, 1.807) is 6.20 Å². The van der Waals surface area contributed by atoms with Crippen molar-refractivity contribution in [1.82, 2.24) is 20.2 Å². The summed E-state index contributed by atoms with van der Waals surface area (Å²) in [5.74, 6) is 0.701. The molecule has 0 unspecified atom stereocenters. The first-order valence-electron chi connectivity index (χ1n) is 7.29. The zero-order chi connectivity index (χ0) is 15.6. The van der Waals surface area contributed by atoms with Gasteiger partial charge in [-0.2, -0.15) is 0 Å². The maximum absolute atomic E-state index is 5.90. The van der Waals surface area contributed by atoms with Gasteiger partial charge in [0.15, 0.2) is 5.82 Å². The van der Waals surface area contributed by atoms with Crippen molar-refractivity contribution in [2.24, 2.45) is 0 Å².